The fraction of sp³-hybridized carbons (Fsp3) is 0.419. The Morgan fingerprint density at radius 3 is 1.90 bits per heavy atom. The highest BCUT2D eigenvalue weighted by molar-refractivity contribution is 6.30. The normalized spacial score (nSPS) is 19.9. The maximum atomic E-state index is 14.0. The standard InChI is InChI=1S/C31H32ClN3O7/c1-6-33-21-13-30(2,3)15-23(36)28(21)27(29-22(33)14-31(4,5)16-24(29)37)19-11-17(32)7-9-25(19)42-26-10-8-18(34(38)39)12-20(26)35(40)41/h7-12,27H,6,13-16H2,1-5H3. The van der Waals surface area contributed by atoms with E-state index in [9.17, 15) is 29.8 Å². The molecule has 0 radical (unpaired) electrons. The predicted molar refractivity (Wildman–Crippen MR) is 156 cm³/mol. The summed E-state index contributed by atoms with van der Waals surface area (Å²) in [5.74, 6) is -0.964. The van der Waals surface area contributed by atoms with E-state index in [0.29, 0.717) is 54.0 Å². The van der Waals surface area contributed by atoms with Crippen LogP contribution >= 0.6 is 11.6 Å². The molecule has 1 aliphatic heterocycles. The molecular weight excluding hydrogens is 562 g/mol. The molecule has 0 fully saturated rings. The van der Waals surface area contributed by atoms with Crippen LogP contribution in [0.5, 0.6) is 11.5 Å². The third-order valence-electron chi connectivity index (χ3n) is 8.19. The van der Waals surface area contributed by atoms with E-state index in [1.54, 1.807) is 18.2 Å². The van der Waals surface area contributed by atoms with E-state index in [-0.39, 0.29) is 33.9 Å². The van der Waals surface area contributed by atoms with Crippen LogP contribution in [0.4, 0.5) is 11.4 Å². The van der Waals surface area contributed by atoms with Gasteiger partial charge in [-0.1, -0.05) is 39.3 Å². The van der Waals surface area contributed by atoms with Crippen molar-refractivity contribution in [3.63, 3.8) is 0 Å². The SMILES string of the molecule is CCN1C2=C(C(=O)CC(C)(C)C2)C(c2cc(Cl)ccc2Oc2ccc([N+](=O)[O-])cc2[N+](=O)[O-])C2=C1CC(C)(C)CC2=O. The first-order chi connectivity index (χ1) is 19.6. The average Bonchev–Trinajstić information content (AvgIpc) is 2.87. The van der Waals surface area contributed by atoms with E-state index in [1.807, 2.05) is 6.92 Å². The molecule has 2 aliphatic carbocycles. The molecule has 0 bridgehead atoms. The third-order valence-corrected chi connectivity index (χ3v) is 8.43. The Bertz CT molecular complexity index is 1570. The highest BCUT2D eigenvalue weighted by atomic mass is 35.5. The van der Waals surface area contributed by atoms with Crippen LogP contribution in [0.25, 0.3) is 0 Å². The minimum absolute atomic E-state index is 0.0684. The molecule has 10 nitrogen and oxygen atoms in total. The van der Waals surface area contributed by atoms with Gasteiger partial charge >= 0.3 is 5.69 Å². The smallest absolute Gasteiger partial charge is 0.318 e. The van der Waals surface area contributed by atoms with Crippen LogP contribution in [0.3, 0.4) is 0 Å². The summed E-state index contributed by atoms with van der Waals surface area (Å²) in [5.41, 5.74) is 1.62. The van der Waals surface area contributed by atoms with Gasteiger partial charge in [0.2, 0.25) is 5.75 Å². The number of ether oxygens (including phenoxy) is 1. The molecule has 0 spiro atoms. The molecule has 0 amide bonds. The minimum atomic E-state index is -0.782. The summed E-state index contributed by atoms with van der Waals surface area (Å²) in [4.78, 5) is 51.7. The van der Waals surface area contributed by atoms with E-state index in [0.717, 1.165) is 23.5 Å². The maximum Gasteiger partial charge on any atom is 0.318 e. The van der Waals surface area contributed by atoms with Gasteiger partial charge in [-0.05, 0) is 54.9 Å². The number of carbonyl (C=O) groups excluding carboxylic acids is 2. The number of rotatable bonds is 6. The Kier molecular flexibility index (Phi) is 7.25. The van der Waals surface area contributed by atoms with Crippen molar-refractivity contribution in [1.82, 2.24) is 4.90 Å². The number of carbonyl (C=O) groups is 2. The Morgan fingerprint density at radius 1 is 0.857 bits per heavy atom. The summed E-state index contributed by atoms with van der Waals surface area (Å²) in [6, 6.07) is 7.87. The summed E-state index contributed by atoms with van der Waals surface area (Å²) in [6.45, 7) is 10.8. The van der Waals surface area contributed by atoms with Gasteiger partial charge in [0, 0.05) is 64.5 Å². The number of hydrogen-bond acceptors (Lipinski definition) is 8. The number of halogens is 1. The number of ketones is 2. The van der Waals surface area contributed by atoms with Crippen LogP contribution < -0.4 is 4.74 Å². The van der Waals surface area contributed by atoms with Gasteiger partial charge < -0.3 is 9.64 Å². The van der Waals surface area contributed by atoms with Gasteiger partial charge in [0.15, 0.2) is 11.6 Å². The van der Waals surface area contributed by atoms with E-state index in [1.165, 1.54) is 6.07 Å². The van der Waals surface area contributed by atoms with Gasteiger partial charge in [-0.25, -0.2) is 0 Å². The second-order valence-electron chi connectivity index (χ2n) is 12.7. The summed E-state index contributed by atoms with van der Waals surface area (Å²) in [7, 11) is 0. The Balaban J connectivity index is 1.75. The van der Waals surface area contributed by atoms with Gasteiger partial charge in [-0.2, -0.15) is 0 Å². The molecule has 0 saturated carbocycles. The molecule has 2 aromatic rings. The molecular formula is C31H32ClN3O7. The van der Waals surface area contributed by atoms with Gasteiger partial charge in [0.1, 0.15) is 5.75 Å². The number of nitro benzene ring substituents is 2. The fourth-order valence-corrected chi connectivity index (χ4v) is 6.73. The average molecular weight is 594 g/mol. The number of allylic oxidation sites excluding steroid dienone is 4. The van der Waals surface area contributed by atoms with Crippen molar-refractivity contribution in [1.29, 1.82) is 0 Å². The lowest BCUT2D eigenvalue weighted by molar-refractivity contribution is -0.394. The molecule has 0 N–H and O–H groups in total. The lowest BCUT2D eigenvalue weighted by Gasteiger charge is -2.49. The zero-order valence-corrected chi connectivity index (χ0v) is 24.9. The van der Waals surface area contributed by atoms with E-state index >= 15 is 0 Å². The van der Waals surface area contributed by atoms with Crippen molar-refractivity contribution in [2.45, 2.75) is 66.2 Å². The highest BCUT2D eigenvalue weighted by Crippen LogP contribution is 2.56. The number of non-ortho nitro benzene ring substituents is 1. The van der Waals surface area contributed by atoms with Crippen molar-refractivity contribution in [3.05, 3.63) is 89.8 Å². The number of nitro groups is 2. The van der Waals surface area contributed by atoms with Crippen molar-refractivity contribution < 1.29 is 24.2 Å². The molecule has 2 aromatic carbocycles. The number of nitrogens with zero attached hydrogens (tertiary/aromatic N) is 3. The van der Waals surface area contributed by atoms with Crippen LogP contribution in [0.2, 0.25) is 5.02 Å². The second kappa shape index (κ2) is 10.3. The van der Waals surface area contributed by atoms with E-state index in [2.05, 4.69) is 32.6 Å². The first kappa shape index (κ1) is 29.4. The summed E-state index contributed by atoms with van der Waals surface area (Å²) in [5, 5.41) is 23.5. The first-order valence-electron chi connectivity index (χ1n) is 13.8. The maximum absolute atomic E-state index is 14.0. The molecule has 0 atom stereocenters. The predicted octanol–water partition coefficient (Wildman–Crippen LogP) is 7.65. The van der Waals surface area contributed by atoms with E-state index < -0.39 is 27.1 Å². The van der Waals surface area contributed by atoms with Gasteiger partial charge in [0.25, 0.3) is 5.69 Å². The van der Waals surface area contributed by atoms with Crippen LogP contribution in [0.1, 0.15) is 71.8 Å². The molecule has 42 heavy (non-hydrogen) atoms. The van der Waals surface area contributed by atoms with Gasteiger partial charge in [-0.15, -0.1) is 0 Å². The molecule has 0 aromatic heterocycles. The van der Waals surface area contributed by atoms with Crippen LogP contribution in [0.15, 0.2) is 58.9 Å². The van der Waals surface area contributed by atoms with Gasteiger partial charge in [0.05, 0.1) is 15.9 Å². The van der Waals surface area contributed by atoms with Crippen molar-refractivity contribution in [2.24, 2.45) is 10.8 Å². The van der Waals surface area contributed by atoms with Crippen molar-refractivity contribution in [3.8, 4) is 11.5 Å². The Morgan fingerprint density at radius 2 is 1.40 bits per heavy atom. The Labute approximate surface area is 248 Å². The molecule has 5 rings (SSSR count). The van der Waals surface area contributed by atoms with Crippen molar-refractivity contribution >= 4 is 34.5 Å². The molecule has 0 saturated heterocycles. The quantitative estimate of drug-likeness (QED) is 0.246. The molecule has 3 aliphatic rings. The Hall–Kier alpha value is -4.05. The number of Topliss-reactive ketones (excluding diaryl/α,β-unsaturated/α-hetero) is 2. The molecule has 0 unspecified atom stereocenters. The summed E-state index contributed by atoms with van der Waals surface area (Å²) in [6.07, 6.45) is 1.86. The third kappa shape index (κ3) is 5.19. The second-order valence-corrected chi connectivity index (χ2v) is 13.2. The lowest BCUT2D eigenvalue weighted by Crippen LogP contribution is -2.44. The van der Waals surface area contributed by atoms with Gasteiger partial charge in [-0.3, -0.25) is 29.8 Å². The minimum Gasteiger partial charge on any atom is -0.450 e. The number of hydrogen-bond donors (Lipinski definition) is 0. The van der Waals surface area contributed by atoms with Crippen molar-refractivity contribution in [2.75, 3.05) is 6.54 Å². The van der Waals surface area contributed by atoms with Crippen LogP contribution in [0, 0.1) is 31.1 Å². The monoisotopic (exact) mass is 593 g/mol. The van der Waals surface area contributed by atoms with Crippen LogP contribution in [-0.2, 0) is 9.59 Å². The molecule has 1 heterocycles. The highest BCUT2D eigenvalue weighted by Gasteiger charge is 2.49. The largest absolute Gasteiger partial charge is 0.450 e. The van der Waals surface area contributed by atoms with Crippen LogP contribution in [-0.4, -0.2) is 32.9 Å². The zero-order valence-electron chi connectivity index (χ0n) is 24.2. The summed E-state index contributed by atoms with van der Waals surface area (Å²) >= 11 is 6.49. The lowest BCUT2D eigenvalue weighted by atomic mass is 9.63. The summed E-state index contributed by atoms with van der Waals surface area (Å²) < 4.78 is 6.11. The number of benzene rings is 2. The van der Waals surface area contributed by atoms with E-state index in [4.69, 9.17) is 16.3 Å². The fourth-order valence-electron chi connectivity index (χ4n) is 6.55. The first-order valence-corrected chi connectivity index (χ1v) is 14.2. The molecule has 220 valence electrons. The molecule has 11 heteroatoms. The topological polar surface area (TPSA) is 133 Å². The zero-order chi connectivity index (χ0) is 30.7.